The lowest BCUT2D eigenvalue weighted by molar-refractivity contribution is -0.384. The van der Waals surface area contributed by atoms with E-state index in [9.17, 15) is 20.0 Å². The molecular weight excluding hydrogens is 350 g/mol. The number of amides is 1. The van der Waals surface area contributed by atoms with Gasteiger partial charge in [-0.1, -0.05) is 18.2 Å². The predicted octanol–water partition coefficient (Wildman–Crippen LogP) is 4.25. The van der Waals surface area contributed by atoms with Crippen molar-refractivity contribution < 1.29 is 14.8 Å². The number of fused-ring (bicyclic) bond motifs is 2. The monoisotopic (exact) mass is 361 g/mol. The summed E-state index contributed by atoms with van der Waals surface area (Å²) in [5, 5.41) is 29.4. The minimum Gasteiger partial charge on any atom is -0.493 e. The summed E-state index contributed by atoms with van der Waals surface area (Å²) in [5.74, 6) is -0.980. The van der Waals surface area contributed by atoms with Crippen LogP contribution in [0.15, 0.2) is 65.0 Å². The van der Waals surface area contributed by atoms with Crippen molar-refractivity contribution in [2.24, 2.45) is 10.2 Å². The fourth-order valence-electron chi connectivity index (χ4n) is 2.71. The maximum absolute atomic E-state index is 12.3. The van der Waals surface area contributed by atoms with Crippen LogP contribution in [0.5, 0.6) is 5.88 Å². The number of non-ortho nitro benzene ring substituents is 1. The van der Waals surface area contributed by atoms with Crippen LogP contribution in [0.1, 0.15) is 10.4 Å². The number of azo groups is 1. The van der Waals surface area contributed by atoms with Crippen LogP contribution in [0.2, 0.25) is 0 Å². The number of rotatable bonds is 3. The Kier molecular flexibility index (Phi) is 3.81. The summed E-state index contributed by atoms with van der Waals surface area (Å²) in [6.45, 7) is 0. The molecule has 9 heteroatoms. The van der Waals surface area contributed by atoms with Gasteiger partial charge >= 0.3 is 0 Å². The largest absolute Gasteiger partial charge is 0.493 e. The zero-order chi connectivity index (χ0) is 19.0. The molecule has 0 aliphatic carbocycles. The van der Waals surface area contributed by atoms with E-state index in [1.165, 1.54) is 24.4 Å². The average Bonchev–Trinajstić information content (AvgIpc) is 2.99. The smallest absolute Gasteiger partial charge is 0.296 e. The van der Waals surface area contributed by atoms with E-state index in [0.29, 0.717) is 5.52 Å². The van der Waals surface area contributed by atoms with Gasteiger partial charge in [-0.3, -0.25) is 19.9 Å². The van der Waals surface area contributed by atoms with Gasteiger partial charge in [0.25, 0.3) is 11.6 Å². The lowest BCUT2D eigenvalue weighted by Crippen LogP contribution is -1.95. The first-order valence-electron chi connectivity index (χ1n) is 7.83. The quantitative estimate of drug-likeness (QED) is 0.319. The number of nitrogens with one attached hydrogen (secondary N) is 1. The van der Waals surface area contributed by atoms with E-state index in [-0.39, 0.29) is 28.2 Å². The number of aromatic nitrogens is 2. The van der Waals surface area contributed by atoms with Crippen LogP contribution < -0.4 is 0 Å². The summed E-state index contributed by atoms with van der Waals surface area (Å²) in [7, 11) is 0. The van der Waals surface area contributed by atoms with Crippen LogP contribution in [-0.4, -0.2) is 25.9 Å². The van der Waals surface area contributed by atoms with Gasteiger partial charge in [0.15, 0.2) is 5.69 Å². The molecule has 132 valence electrons. The summed E-state index contributed by atoms with van der Waals surface area (Å²) < 4.78 is 0. The van der Waals surface area contributed by atoms with E-state index >= 15 is 0 Å². The predicted molar refractivity (Wildman–Crippen MR) is 97.2 cm³/mol. The van der Waals surface area contributed by atoms with Gasteiger partial charge in [0.05, 0.1) is 21.5 Å². The molecule has 2 aromatic carbocycles. The van der Waals surface area contributed by atoms with E-state index in [1.54, 1.807) is 6.07 Å². The normalized spacial score (nSPS) is 11.4. The molecule has 0 radical (unpaired) electrons. The fraction of sp³-hybridized carbons (Fsp3) is 0. The molecule has 27 heavy (non-hydrogen) atoms. The molecule has 0 aliphatic rings. The second kappa shape index (κ2) is 6.30. The van der Waals surface area contributed by atoms with Crippen LogP contribution in [-0.2, 0) is 0 Å². The minimum atomic E-state index is -0.646. The lowest BCUT2D eigenvalue weighted by atomic mass is 10.1. The molecule has 2 N–H and O–H groups in total. The number of hydrogen-bond acceptors (Lipinski definition) is 6. The summed E-state index contributed by atoms with van der Waals surface area (Å²) >= 11 is 0. The maximum Gasteiger partial charge on any atom is 0.296 e. The molecule has 4 aromatic rings. The number of nitrogens with zero attached hydrogens (tertiary/aromatic N) is 4. The molecule has 0 saturated heterocycles. The SMILES string of the molecule is O=C(N=Nc1c(O)[nH]c2ccc([N+](=O)[O-])cc12)c1cnc2ccccc2c1. The highest BCUT2D eigenvalue weighted by Gasteiger charge is 2.15. The number of nitro groups is 1. The number of aromatic hydroxyl groups is 1. The number of pyridine rings is 1. The molecule has 1 amide bonds. The van der Waals surface area contributed by atoms with E-state index in [0.717, 1.165) is 10.9 Å². The minimum absolute atomic E-state index is 0.0456. The number of carbonyl (C=O) groups excluding carboxylic acids is 1. The standard InChI is InChI=1S/C18H11N5O4/c24-17(11-7-10-3-1-2-4-14(10)19-9-11)22-21-16-13-8-12(23(26)27)5-6-15(13)20-18(16)25/h1-9,20,25H. The second-order valence-electron chi connectivity index (χ2n) is 5.73. The Morgan fingerprint density at radius 1 is 1.19 bits per heavy atom. The number of H-pyrrole nitrogens is 1. The summed E-state index contributed by atoms with van der Waals surface area (Å²) in [4.78, 5) is 29.5. The topological polar surface area (TPSA) is 134 Å². The summed E-state index contributed by atoms with van der Waals surface area (Å²) in [6.07, 6.45) is 1.39. The molecule has 0 spiro atoms. The van der Waals surface area contributed by atoms with Crippen LogP contribution in [0, 0.1) is 10.1 Å². The number of aromatic amines is 1. The zero-order valence-electron chi connectivity index (χ0n) is 13.7. The van der Waals surface area contributed by atoms with Crippen molar-refractivity contribution in [1.29, 1.82) is 0 Å². The van der Waals surface area contributed by atoms with Crippen molar-refractivity contribution in [3.8, 4) is 5.88 Å². The van der Waals surface area contributed by atoms with Gasteiger partial charge in [-0.2, -0.15) is 0 Å². The van der Waals surface area contributed by atoms with Crippen LogP contribution in [0.3, 0.4) is 0 Å². The third kappa shape index (κ3) is 2.97. The third-order valence-electron chi connectivity index (χ3n) is 4.02. The van der Waals surface area contributed by atoms with Crippen LogP contribution in [0.25, 0.3) is 21.8 Å². The van der Waals surface area contributed by atoms with Crippen LogP contribution >= 0.6 is 0 Å². The van der Waals surface area contributed by atoms with Gasteiger partial charge in [0.1, 0.15) is 0 Å². The zero-order valence-corrected chi connectivity index (χ0v) is 13.7. The molecule has 2 aromatic heterocycles. The van der Waals surface area contributed by atoms with Gasteiger partial charge in [-0.05, 0) is 18.2 Å². The highest BCUT2D eigenvalue weighted by atomic mass is 16.6. The van der Waals surface area contributed by atoms with Gasteiger partial charge in [-0.25, -0.2) is 0 Å². The molecule has 4 rings (SSSR count). The first-order chi connectivity index (χ1) is 13.0. The Bertz CT molecular complexity index is 1250. The van der Waals surface area contributed by atoms with Crippen molar-refractivity contribution in [2.45, 2.75) is 0 Å². The van der Waals surface area contributed by atoms with Crippen molar-refractivity contribution in [3.05, 3.63) is 70.4 Å². The van der Waals surface area contributed by atoms with Crippen molar-refractivity contribution in [2.75, 3.05) is 0 Å². The average molecular weight is 361 g/mol. The third-order valence-corrected chi connectivity index (χ3v) is 4.02. The molecule has 0 unspecified atom stereocenters. The molecule has 0 atom stereocenters. The number of nitro benzene ring substituents is 1. The Labute approximate surface area is 151 Å². The van der Waals surface area contributed by atoms with Gasteiger partial charge in [0.2, 0.25) is 5.88 Å². The number of benzene rings is 2. The molecular formula is C18H11N5O4. The molecule has 9 nitrogen and oxygen atoms in total. The number of para-hydroxylation sites is 1. The van der Waals surface area contributed by atoms with E-state index in [1.807, 2.05) is 24.3 Å². The number of carbonyl (C=O) groups is 1. The first kappa shape index (κ1) is 16.3. The van der Waals surface area contributed by atoms with Crippen molar-refractivity contribution >= 4 is 39.1 Å². The summed E-state index contributed by atoms with van der Waals surface area (Å²) in [6, 6.07) is 13.0. The van der Waals surface area contributed by atoms with Crippen molar-refractivity contribution in [3.63, 3.8) is 0 Å². The Hall–Kier alpha value is -4.14. The van der Waals surface area contributed by atoms with Crippen LogP contribution in [0.4, 0.5) is 11.4 Å². The highest BCUT2D eigenvalue weighted by molar-refractivity contribution is 5.99. The molecule has 0 aliphatic heterocycles. The Morgan fingerprint density at radius 2 is 2.00 bits per heavy atom. The molecule has 0 saturated carbocycles. The summed E-state index contributed by atoms with van der Waals surface area (Å²) in [5.41, 5.74) is 1.21. The molecule has 0 fully saturated rings. The molecule has 0 bridgehead atoms. The van der Waals surface area contributed by atoms with Gasteiger partial charge < -0.3 is 10.1 Å². The lowest BCUT2D eigenvalue weighted by Gasteiger charge is -1.98. The van der Waals surface area contributed by atoms with E-state index in [4.69, 9.17) is 0 Å². The Balaban J connectivity index is 1.70. The van der Waals surface area contributed by atoms with Gasteiger partial charge in [0, 0.05) is 29.1 Å². The molecule has 2 heterocycles. The second-order valence-corrected chi connectivity index (χ2v) is 5.73. The van der Waals surface area contributed by atoms with E-state index < -0.39 is 10.8 Å². The fourth-order valence-corrected chi connectivity index (χ4v) is 2.71. The van der Waals surface area contributed by atoms with Crippen molar-refractivity contribution in [1.82, 2.24) is 9.97 Å². The van der Waals surface area contributed by atoms with E-state index in [2.05, 4.69) is 20.2 Å². The maximum atomic E-state index is 12.3. The first-order valence-corrected chi connectivity index (χ1v) is 7.83. The Morgan fingerprint density at radius 3 is 2.81 bits per heavy atom. The number of hydrogen-bond donors (Lipinski definition) is 2. The highest BCUT2D eigenvalue weighted by Crippen LogP contribution is 2.37. The van der Waals surface area contributed by atoms with Gasteiger partial charge in [-0.15, -0.1) is 10.2 Å².